The maximum absolute atomic E-state index is 13.6. The molecule has 25 heavy (non-hydrogen) atoms. The maximum Gasteiger partial charge on any atom is 0.437 e. The second-order valence-corrected chi connectivity index (χ2v) is 6.36. The highest BCUT2D eigenvalue weighted by molar-refractivity contribution is 7.12. The number of amides is 2. The molecule has 0 aliphatic carbocycles. The summed E-state index contributed by atoms with van der Waals surface area (Å²) in [6.07, 6.45) is -3.95. The summed E-state index contributed by atoms with van der Waals surface area (Å²) in [6.45, 7) is 0. The summed E-state index contributed by atoms with van der Waals surface area (Å²) in [4.78, 5) is 28.5. The third-order valence-electron chi connectivity index (χ3n) is 3.86. The Morgan fingerprint density at radius 3 is 2.60 bits per heavy atom. The Bertz CT molecular complexity index is 782. The zero-order valence-corrected chi connectivity index (χ0v) is 13.3. The van der Waals surface area contributed by atoms with Gasteiger partial charge in [-0.15, -0.1) is 11.3 Å². The van der Waals surface area contributed by atoms with E-state index in [9.17, 15) is 27.9 Å². The van der Waals surface area contributed by atoms with Crippen LogP contribution >= 0.6 is 11.3 Å². The minimum Gasteiger partial charge on any atom is -0.363 e. The Kier molecular flexibility index (Phi) is 4.25. The van der Waals surface area contributed by atoms with Gasteiger partial charge in [-0.1, -0.05) is 12.1 Å². The van der Waals surface area contributed by atoms with Crippen LogP contribution in [0.25, 0.3) is 0 Å². The molecule has 3 heterocycles. The van der Waals surface area contributed by atoms with Gasteiger partial charge in [0.15, 0.2) is 5.78 Å². The predicted molar refractivity (Wildman–Crippen MR) is 81.8 cm³/mol. The monoisotopic (exact) mass is 371 g/mol. The van der Waals surface area contributed by atoms with Gasteiger partial charge in [0.05, 0.1) is 16.6 Å². The van der Waals surface area contributed by atoms with Crippen LogP contribution in [0.4, 0.5) is 18.0 Å². The number of urea groups is 1. The highest BCUT2D eigenvalue weighted by Gasteiger charge is 2.66. The van der Waals surface area contributed by atoms with Crippen LogP contribution in [0, 0.1) is 5.92 Å². The smallest absolute Gasteiger partial charge is 0.363 e. The van der Waals surface area contributed by atoms with Crippen LogP contribution < -0.4 is 10.6 Å². The first-order valence-corrected chi connectivity index (χ1v) is 7.98. The molecule has 0 unspecified atom stereocenters. The second kappa shape index (κ2) is 6.12. The number of aromatic nitrogens is 1. The number of nitrogens with zero attached hydrogens (tertiary/aromatic N) is 1. The van der Waals surface area contributed by atoms with Crippen molar-refractivity contribution in [2.75, 3.05) is 0 Å². The van der Waals surface area contributed by atoms with E-state index in [1.807, 2.05) is 0 Å². The Morgan fingerprint density at radius 2 is 2.04 bits per heavy atom. The summed E-state index contributed by atoms with van der Waals surface area (Å²) in [5.41, 5.74) is -3.69. The maximum atomic E-state index is 13.6. The Morgan fingerprint density at radius 1 is 1.28 bits per heavy atom. The lowest BCUT2D eigenvalue weighted by Gasteiger charge is -2.44. The van der Waals surface area contributed by atoms with Gasteiger partial charge in [-0.2, -0.15) is 13.2 Å². The molecule has 0 aromatic carbocycles. The molecule has 0 bridgehead atoms. The van der Waals surface area contributed by atoms with E-state index >= 15 is 0 Å². The highest BCUT2D eigenvalue weighted by Crippen LogP contribution is 2.43. The molecule has 2 aromatic heterocycles. The van der Waals surface area contributed by atoms with Gasteiger partial charge in [-0.25, -0.2) is 4.79 Å². The van der Waals surface area contributed by atoms with Gasteiger partial charge >= 0.3 is 12.2 Å². The zero-order chi connectivity index (χ0) is 18.2. The van der Waals surface area contributed by atoms with Crippen molar-refractivity contribution in [3.63, 3.8) is 0 Å². The highest BCUT2D eigenvalue weighted by atomic mass is 32.1. The van der Waals surface area contributed by atoms with E-state index < -0.39 is 35.7 Å². The van der Waals surface area contributed by atoms with Gasteiger partial charge in [0.2, 0.25) is 5.72 Å². The lowest BCUT2D eigenvalue weighted by molar-refractivity contribution is -0.287. The number of rotatable bonds is 3. The van der Waals surface area contributed by atoms with Crippen LogP contribution in [0.15, 0.2) is 41.9 Å². The molecule has 1 fully saturated rings. The van der Waals surface area contributed by atoms with Crippen LogP contribution in [0.1, 0.15) is 21.4 Å². The third-order valence-corrected chi connectivity index (χ3v) is 4.74. The van der Waals surface area contributed by atoms with Gasteiger partial charge in [0, 0.05) is 6.20 Å². The fourth-order valence-electron chi connectivity index (χ4n) is 2.72. The number of alkyl halides is 3. The summed E-state index contributed by atoms with van der Waals surface area (Å²) in [5.74, 6) is -2.99. The summed E-state index contributed by atoms with van der Waals surface area (Å²) in [5, 5.41) is 15.6. The van der Waals surface area contributed by atoms with E-state index in [2.05, 4.69) is 10.3 Å². The average molecular weight is 371 g/mol. The molecule has 0 saturated carbocycles. The first-order valence-electron chi connectivity index (χ1n) is 7.10. The molecule has 2 amide bonds. The fourth-order valence-corrected chi connectivity index (χ4v) is 3.42. The number of Topliss-reactive ketones (excluding diaryl/α,β-unsaturated/α-hetero) is 1. The van der Waals surface area contributed by atoms with Crippen molar-refractivity contribution in [2.24, 2.45) is 5.92 Å². The number of carbonyl (C=O) groups excluding carboxylic acids is 2. The number of nitrogens with one attached hydrogen (secondary N) is 2. The zero-order valence-electron chi connectivity index (χ0n) is 12.4. The summed E-state index contributed by atoms with van der Waals surface area (Å²) in [7, 11) is 0. The standard InChI is InChI=1S/C15H12F3N3O3S/c16-15(17,18)14(24)10(12(22)9-5-3-7-25-9)11(20-13(23)21-14)8-4-1-2-6-19-8/h1-7,10-11,24H,(H2,20,21,23)/t10-,11+,14+/m0/s1. The van der Waals surface area contributed by atoms with Crippen LogP contribution in [0.2, 0.25) is 0 Å². The molecule has 0 spiro atoms. The predicted octanol–water partition coefficient (Wildman–Crippen LogP) is 2.25. The molecule has 132 valence electrons. The number of thiophene rings is 1. The molecule has 3 atom stereocenters. The minimum atomic E-state index is -5.27. The molecule has 6 nitrogen and oxygen atoms in total. The van der Waals surface area contributed by atoms with E-state index in [1.54, 1.807) is 6.07 Å². The van der Waals surface area contributed by atoms with E-state index in [4.69, 9.17) is 0 Å². The van der Waals surface area contributed by atoms with Gasteiger partial charge in [0.1, 0.15) is 5.92 Å². The normalized spacial score (nSPS) is 26.6. The number of aliphatic hydroxyl groups is 1. The first-order chi connectivity index (χ1) is 11.7. The molecular formula is C15H12F3N3O3S. The largest absolute Gasteiger partial charge is 0.437 e. The quantitative estimate of drug-likeness (QED) is 0.722. The van der Waals surface area contributed by atoms with Crippen molar-refractivity contribution in [3.05, 3.63) is 52.5 Å². The topological polar surface area (TPSA) is 91.3 Å². The molecule has 2 aromatic rings. The van der Waals surface area contributed by atoms with Gasteiger partial charge in [-0.3, -0.25) is 9.78 Å². The van der Waals surface area contributed by atoms with Gasteiger partial charge in [-0.05, 0) is 23.6 Å². The van der Waals surface area contributed by atoms with E-state index in [0.717, 1.165) is 11.3 Å². The number of pyridine rings is 1. The SMILES string of the molecule is O=C1N[C@H](c2ccccn2)[C@@H](C(=O)c2cccs2)[C@@](O)(C(F)(F)F)N1. The van der Waals surface area contributed by atoms with Gasteiger partial charge < -0.3 is 15.7 Å². The summed E-state index contributed by atoms with van der Waals surface area (Å²) in [6, 6.07) is 4.60. The van der Waals surface area contributed by atoms with E-state index in [0.29, 0.717) is 0 Å². The fraction of sp³-hybridized carbons (Fsp3) is 0.267. The summed E-state index contributed by atoms with van der Waals surface area (Å²) >= 11 is 0.945. The number of carbonyl (C=O) groups is 2. The van der Waals surface area contributed by atoms with Crippen molar-refractivity contribution in [1.29, 1.82) is 0 Å². The van der Waals surface area contributed by atoms with Crippen molar-refractivity contribution in [1.82, 2.24) is 15.6 Å². The number of hydrogen-bond donors (Lipinski definition) is 3. The molecule has 1 aliphatic rings. The van der Waals surface area contributed by atoms with E-state index in [1.165, 1.54) is 41.2 Å². The lowest BCUT2D eigenvalue weighted by Crippen LogP contribution is -2.72. The Balaban J connectivity index is 2.15. The Labute approximate surface area is 143 Å². The third kappa shape index (κ3) is 2.98. The van der Waals surface area contributed by atoms with Crippen molar-refractivity contribution in [3.8, 4) is 0 Å². The lowest BCUT2D eigenvalue weighted by atomic mass is 9.80. The van der Waals surface area contributed by atoms with Crippen molar-refractivity contribution < 1.29 is 27.9 Å². The molecule has 1 aliphatic heterocycles. The van der Waals surface area contributed by atoms with E-state index in [-0.39, 0.29) is 10.6 Å². The number of ketones is 1. The summed E-state index contributed by atoms with van der Waals surface area (Å²) < 4.78 is 40.7. The van der Waals surface area contributed by atoms with Crippen molar-refractivity contribution >= 4 is 23.2 Å². The first kappa shape index (κ1) is 17.4. The molecule has 3 rings (SSSR count). The molecule has 3 N–H and O–H groups in total. The van der Waals surface area contributed by atoms with Gasteiger partial charge in [0.25, 0.3) is 0 Å². The number of halogens is 3. The molecule has 1 saturated heterocycles. The average Bonchev–Trinajstić information content (AvgIpc) is 3.08. The van der Waals surface area contributed by atoms with Crippen LogP contribution in [-0.4, -0.2) is 33.8 Å². The van der Waals surface area contributed by atoms with Crippen LogP contribution in [0.3, 0.4) is 0 Å². The second-order valence-electron chi connectivity index (χ2n) is 5.41. The Hall–Kier alpha value is -2.46. The molecule has 0 radical (unpaired) electrons. The van der Waals surface area contributed by atoms with Crippen LogP contribution in [-0.2, 0) is 0 Å². The van der Waals surface area contributed by atoms with Crippen molar-refractivity contribution in [2.45, 2.75) is 17.9 Å². The van der Waals surface area contributed by atoms with Crippen LogP contribution in [0.5, 0.6) is 0 Å². The minimum absolute atomic E-state index is 0.0338. The molecular weight excluding hydrogens is 359 g/mol. The number of hydrogen-bond acceptors (Lipinski definition) is 5. The molecule has 10 heteroatoms.